The predicted octanol–water partition coefficient (Wildman–Crippen LogP) is 1.63. The molecule has 4 atom stereocenters. The number of carboxylic acid groups (broad SMARTS) is 1. The summed E-state index contributed by atoms with van der Waals surface area (Å²) in [6.45, 7) is 4.32. The van der Waals surface area contributed by atoms with Crippen molar-refractivity contribution in [3.63, 3.8) is 0 Å². The molecule has 3 amide bonds. The summed E-state index contributed by atoms with van der Waals surface area (Å²) >= 11 is 0. The third kappa shape index (κ3) is 2.85. The fraction of sp³-hybridized carbons (Fsp3) is 0.545. The van der Waals surface area contributed by atoms with E-state index in [0.717, 1.165) is 18.4 Å². The molecule has 1 aromatic carbocycles. The number of carboxylic acids is 1. The van der Waals surface area contributed by atoms with Gasteiger partial charge in [0, 0.05) is 30.3 Å². The van der Waals surface area contributed by atoms with Crippen LogP contribution in [0.15, 0.2) is 18.2 Å². The van der Waals surface area contributed by atoms with Crippen LogP contribution in [0.3, 0.4) is 0 Å². The van der Waals surface area contributed by atoms with Crippen LogP contribution < -0.4 is 10.6 Å². The number of rotatable bonds is 7. The van der Waals surface area contributed by atoms with Crippen molar-refractivity contribution in [2.45, 2.75) is 57.5 Å². The maximum absolute atomic E-state index is 13.4. The molecular formula is C22H27N3O5. The van der Waals surface area contributed by atoms with Crippen molar-refractivity contribution < 1.29 is 24.3 Å². The van der Waals surface area contributed by atoms with Crippen molar-refractivity contribution in [2.75, 3.05) is 11.9 Å². The Kier molecular flexibility index (Phi) is 5.13. The number of nitrogens with one attached hydrogen (secondary N) is 2. The molecule has 4 rings (SSSR count). The van der Waals surface area contributed by atoms with E-state index in [-0.39, 0.29) is 30.6 Å². The van der Waals surface area contributed by atoms with Crippen LogP contribution in [0.25, 0.3) is 0 Å². The van der Waals surface area contributed by atoms with Crippen LogP contribution in [-0.4, -0.2) is 46.3 Å². The second-order valence-electron chi connectivity index (χ2n) is 8.36. The van der Waals surface area contributed by atoms with E-state index in [2.05, 4.69) is 10.6 Å². The Bertz CT molecular complexity index is 929. The minimum atomic E-state index is -1.35. The van der Waals surface area contributed by atoms with Gasteiger partial charge in [-0.15, -0.1) is 0 Å². The first-order chi connectivity index (χ1) is 14.3. The van der Waals surface area contributed by atoms with Crippen LogP contribution in [0.1, 0.15) is 50.7 Å². The van der Waals surface area contributed by atoms with Gasteiger partial charge in [-0.2, -0.15) is 0 Å². The van der Waals surface area contributed by atoms with E-state index in [1.165, 1.54) is 4.90 Å². The van der Waals surface area contributed by atoms with E-state index in [1.54, 1.807) is 0 Å². The van der Waals surface area contributed by atoms with E-state index < -0.39 is 29.4 Å². The number of nitrogens with zero attached hydrogens (tertiary/aromatic N) is 1. The first-order valence-corrected chi connectivity index (χ1v) is 10.6. The van der Waals surface area contributed by atoms with Crippen LogP contribution in [0.2, 0.25) is 0 Å². The van der Waals surface area contributed by atoms with Crippen LogP contribution >= 0.6 is 0 Å². The van der Waals surface area contributed by atoms with Crippen molar-refractivity contribution in [3.05, 3.63) is 29.3 Å². The molecule has 160 valence electrons. The van der Waals surface area contributed by atoms with Crippen LogP contribution in [0, 0.1) is 11.8 Å². The van der Waals surface area contributed by atoms with Crippen molar-refractivity contribution >= 4 is 29.4 Å². The van der Waals surface area contributed by atoms with Gasteiger partial charge in [-0.1, -0.05) is 32.4 Å². The quantitative estimate of drug-likeness (QED) is 0.585. The number of unbranched alkanes of at least 4 members (excludes halogenated alkanes) is 1. The molecule has 3 aliphatic rings. The number of fused-ring (bicyclic) bond motifs is 4. The predicted molar refractivity (Wildman–Crippen MR) is 109 cm³/mol. The molecule has 2 fully saturated rings. The van der Waals surface area contributed by atoms with Crippen LogP contribution in [0.5, 0.6) is 0 Å². The van der Waals surface area contributed by atoms with E-state index in [0.29, 0.717) is 24.2 Å². The fourth-order valence-electron chi connectivity index (χ4n) is 5.19. The van der Waals surface area contributed by atoms with E-state index in [9.17, 15) is 19.2 Å². The lowest BCUT2D eigenvalue weighted by Gasteiger charge is -2.29. The summed E-state index contributed by atoms with van der Waals surface area (Å²) in [5, 5.41) is 15.3. The summed E-state index contributed by atoms with van der Waals surface area (Å²) in [4.78, 5) is 52.4. The molecule has 0 aromatic heterocycles. The highest BCUT2D eigenvalue weighted by Gasteiger charge is 2.70. The maximum Gasteiger partial charge on any atom is 0.303 e. The molecule has 8 nitrogen and oxygen atoms in total. The Balaban J connectivity index is 1.81. The first-order valence-electron chi connectivity index (χ1n) is 10.6. The summed E-state index contributed by atoms with van der Waals surface area (Å²) < 4.78 is 0. The van der Waals surface area contributed by atoms with Gasteiger partial charge < -0.3 is 10.4 Å². The maximum atomic E-state index is 13.4. The number of carbonyl (C=O) groups excluding carboxylic acids is 3. The Morgan fingerprint density at radius 3 is 2.63 bits per heavy atom. The lowest BCUT2D eigenvalue weighted by Crippen LogP contribution is -2.53. The normalized spacial score (nSPS) is 29.5. The molecular weight excluding hydrogens is 386 g/mol. The van der Waals surface area contributed by atoms with Crippen molar-refractivity contribution in [1.29, 1.82) is 0 Å². The second kappa shape index (κ2) is 7.50. The summed E-state index contributed by atoms with van der Waals surface area (Å²) in [6.07, 6.45) is 2.33. The smallest absolute Gasteiger partial charge is 0.303 e. The number of benzene rings is 1. The molecule has 2 saturated heterocycles. The Morgan fingerprint density at radius 1 is 1.20 bits per heavy atom. The lowest BCUT2D eigenvalue weighted by atomic mass is 9.76. The van der Waals surface area contributed by atoms with Crippen LogP contribution in [0.4, 0.5) is 5.69 Å². The highest BCUT2D eigenvalue weighted by molar-refractivity contribution is 6.15. The standard InChI is InChI=1S/C22H27N3O5/c1-3-5-10-25-19(28)17-15(8-9-16(26)27)24-22(18(17)20(25)29)13-11-12(4-2)6-7-14(13)23-21(22)30/h6-7,11,15,17-18,24H,3-5,8-10H2,1-2H3,(H,23,30)(H,26,27). The highest BCUT2D eigenvalue weighted by atomic mass is 16.4. The molecule has 0 aliphatic carbocycles. The minimum Gasteiger partial charge on any atom is -0.481 e. The Hall–Kier alpha value is -2.74. The monoisotopic (exact) mass is 413 g/mol. The molecule has 0 saturated carbocycles. The number of hydrogen-bond acceptors (Lipinski definition) is 5. The number of aliphatic carboxylic acids is 1. The van der Waals surface area contributed by atoms with Gasteiger partial charge in [-0.05, 0) is 30.9 Å². The zero-order valence-electron chi connectivity index (χ0n) is 17.2. The number of imide groups is 1. The summed E-state index contributed by atoms with van der Waals surface area (Å²) in [7, 11) is 0. The Labute approximate surface area is 175 Å². The molecule has 0 bridgehead atoms. The topological polar surface area (TPSA) is 116 Å². The number of likely N-dealkylation sites (tertiary alicyclic amines) is 1. The summed E-state index contributed by atoms with van der Waals surface area (Å²) in [5.74, 6) is -3.57. The molecule has 0 radical (unpaired) electrons. The average Bonchev–Trinajstić information content (AvgIpc) is 3.30. The molecule has 3 N–H and O–H groups in total. The van der Waals surface area contributed by atoms with Crippen LogP contribution in [-0.2, 0) is 31.1 Å². The average molecular weight is 413 g/mol. The highest BCUT2D eigenvalue weighted by Crippen LogP contribution is 2.53. The SMILES string of the molecule is CCCCN1C(=O)C2C(CCC(=O)O)NC3(C(=O)Nc4ccc(CC)cc43)C2C1=O. The zero-order valence-corrected chi connectivity index (χ0v) is 17.2. The Morgan fingerprint density at radius 2 is 1.97 bits per heavy atom. The minimum absolute atomic E-state index is 0.142. The second-order valence-corrected chi connectivity index (χ2v) is 8.36. The van der Waals surface area contributed by atoms with Gasteiger partial charge in [0.05, 0.1) is 11.8 Å². The number of aryl methyl sites for hydroxylation is 1. The first kappa shape index (κ1) is 20.5. The lowest BCUT2D eigenvalue weighted by molar-refractivity contribution is -0.143. The van der Waals surface area contributed by atoms with Gasteiger partial charge >= 0.3 is 5.97 Å². The molecule has 3 aliphatic heterocycles. The van der Waals surface area contributed by atoms with Crippen molar-refractivity contribution in [1.82, 2.24) is 10.2 Å². The molecule has 3 heterocycles. The largest absolute Gasteiger partial charge is 0.481 e. The number of carbonyl (C=O) groups is 4. The van der Waals surface area contributed by atoms with Gasteiger partial charge in [-0.3, -0.25) is 29.4 Å². The van der Waals surface area contributed by atoms with Crippen molar-refractivity contribution in [3.8, 4) is 0 Å². The molecule has 1 spiro atoms. The zero-order chi connectivity index (χ0) is 21.6. The molecule has 4 unspecified atom stereocenters. The molecule has 1 aromatic rings. The van der Waals surface area contributed by atoms with Gasteiger partial charge in [0.2, 0.25) is 17.7 Å². The van der Waals surface area contributed by atoms with E-state index in [1.807, 2.05) is 32.0 Å². The molecule has 8 heteroatoms. The number of amides is 3. The number of anilines is 1. The van der Waals surface area contributed by atoms with Crippen molar-refractivity contribution in [2.24, 2.45) is 11.8 Å². The van der Waals surface area contributed by atoms with Gasteiger partial charge in [-0.25, -0.2) is 0 Å². The number of hydrogen-bond donors (Lipinski definition) is 3. The van der Waals surface area contributed by atoms with Gasteiger partial charge in [0.1, 0.15) is 5.54 Å². The van der Waals surface area contributed by atoms with Gasteiger partial charge in [0.25, 0.3) is 0 Å². The fourth-order valence-corrected chi connectivity index (χ4v) is 5.19. The van der Waals surface area contributed by atoms with Gasteiger partial charge in [0.15, 0.2) is 0 Å². The van der Waals surface area contributed by atoms with E-state index in [4.69, 9.17) is 5.11 Å². The summed E-state index contributed by atoms with van der Waals surface area (Å²) in [6, 6.07) is 5.12. The molecule has 30 heavy (non-hydrogen) atoms. The third-order valence-corrected chi connectivity index (χ3v) is 6.68. The van der Waals surface area contributed by atoms with E-state index >= 15 is 0 Å². The summed E-state index contributed by atoms with van der Waals surface area (Å²) in [5.41, 5.74) is 0.992. The third-order valence-electron chi connectivity index (χ3n) is 6.68.